The third kappa shape index (κ3) is 4.88. The summed E-state index contributed by atoms with van der Waals surface area (Å²) in [6.45, 7) is 3.26. The predicted octanol–water partition coefficient (Wildman–Crippen LogP) is 4.85. The van der Waals surface area contributed by atoms with Gasteiger partial charge in [0.1, 0.15) is 0 Å². The van der Waals surface area contributed by atoms with Crippen LogP contribution in [0, 0.1) is 0 Å². The molecule has 136 valence electrons. The highest BCUT2D eigenvalue weighted by Gasteiger charge is 2.15. The summed E-state index contributed by atoms with van der Waals surface area (Å²) in [4.78, 5) is 13.2. The number of carbonyl (C=O) groups is 1. The molecule has 0 atom stereocenters. The minimum absolute atomic E-state index is 0.0454. The van der Waals surface area contributed by atoms with Crippen LogP contribution in [0.5, 0.6) is 0 Å². The molecular formula is C17H16BrClN4OS2. The lowest BCUT2D eigenvalue weighted by Crippen LogP contribution is -2.24. The van der Waals surface area contributed by atoms with Crippen molar-refractivity contribution in [3.8, 4) is 10.7 Å². The van der Waals surface area contributed by atoms with E-state index in [1.165, 1.54) is 11.8 Å². The third-order valence-electron chi connectivity index (χ3n) is 3.56. The number of benzene rings is 1. The Morgan fingerprint density at radius 1 is 1.35 bits per heavy atom. The quantitative estimate of drug-likeness (QED) is 0.500. The smallest absolute Gasteiger partial charge is 0.230 e. The molecule has 2 aromatic heterocycles. The Labute approximate surface area is 173 Å². The van der Waals surface area contributed by atoms with Crippen molar-refractivity contribution in [2.24, 2.45) is 0 Å². The molecule has 1 N–H and O–H groups in total. The van der Waals surface area contributed by atoms with E-state index in [2.05, 4.69) is 31.4 Å². The molecule has 0 saturated carbocycles. The topological polar surface area (TPSA) is 59.8 Å². The number of thiophene rings is 1. The molecule has 0 saturated heterocycles. The fraction of sp³-hybridized carbons (Fsp3) is 0.235. The monoisotopic (exact) mass is 470 g/mol. The van der Waals surface area contributed by atoms with Crippen LogP contribution in [0.2, 0.25) is 5.02 Å². The fourth-order valence-corrected chi connectivity index (χ4v) is 4.66. The molecular weight excluding hydrogens is 456 g/mol. The van der Waals surface area contributed by atoms with Crippen LogP contribution in [0.15, 0.2) is 45.3 Å². The Kier molecular flexibility index (Phi) is 6.74. The standard InChI is InChI=1S/C17H16BrClN4OS2/c1-2-23-16(14-7-12(18)9-25-14)21-22-17(23)26-10-15(24)20-8-11-3-5-13(19)6-4-11/h3-7,9H,2,8,10H2,1H3,(H,20,24). The number of hydrogen-bond donors (Lipinski definition) is 1. The molecule has 3 rings (SSSR count). The van der Waals surface area contributed by atoms with E-state index >= 15 is 0 Å². The summed E-state index contributed by atoms with van der Waals surface area (Å²) in [5.74, 6) is 1.07. The number of thioether (sulfide) groups is 1. The minimum atomic E-state index is -0.0454. The largest absolute Gasteiger partial charge is 0.351 e. The Hall–Kier alpha value is -1.35. The van der Waals surface area contributed by atoms with Crippen molar-refractivity contribution in [2.75, 3.05) is 5.75 Å². The Morgan fingerprint density at radius 2 is 2.12 bits per heavy atom. The van der Waals surface area contributed by atoms with Gasteiger partial charge >= 0.3 is 0 Å². The lowest BCUT2D eigenvalue weighted by Gasteiger charge is -2.07. The van der Waals surface area contributed by atoms with Crippen molar-refractivity contribution in [3.05, 3.63) is 50.8 Å². The molecule has 0 fully saturated rings. The molecule has 0 radical (unpaired) electrons. The number of nitrogens with one attached hydrogen (secondary N) is 1. The number of nitrogens with zero attached hydrogens (tertiary/aromatic N) is 3. The molecule has 0 aliphatic heterocycles. The van der Waals surface area contributed by atoms with Gasteiger partial charge in [0.05, 0.1) is 10.6 Å². The second kappa shape index (κ2) is 9.03. The molecule has 26 heavy (non-hydrogen) atoms. The van der Waals surface area contributed by atoms with Gasteiger partial charge in [-0.1, -0.05) is 35.5 Å². The van der Waals surface area contributed by atoms with Gasteiger partial charge in [0.25, 0.3) is 0 Å². The summed E-state index contributed by atoms with van der Waals surface area (Å²) >= 11 is 12.3. The Morgan fingerprint density at radius 3 is 2.77 bits per heavy atom. The number of aromatic nitrogens is 3. The van der Waals surface area contributed by atoms with E-state index in [1.807, 2.05) is 47.2 Å². The molecule has 0 aliphatic rings. The molecule has 3 aromatic rings. The predicted molar refractivity (Wildman–Crippen MR) is 111 cm³/mol. The fourth-order valence-electron chi connectivity index (χ4n) is 2.28. The van der Waals surface area contributed by atoms with Crippen molar-refractivity contribution in [2.45, 2.75) is 25.2 Å². The van der Waals surface area contributed by atoms with Crippen LogP contribution in [-0.4, -0.2) is 26.4 Å². The summed E-state index contributed by atoms with van der Waals surface area (Å²) in [6, 6.07) is 9.44. The highest BCUT2D eigenvalue weighted by molar-refractivity contribution is 9.10. The van der Waals surface area contributed by atoms with Gasteiger partial charge in [0.15, 0.2) is 11.0 Å². The van der Waals surface area contributed by atoms with E-state index in [-0.39, 0.29) is 5.91 Å². The van der Waals surface area contributed by atoms with Gasteiger partial charge in [-0.05, 0) is 46.6 Å². The molecule has 1 aromatic carbocycles. The van der Waals surface area contributed by atoms with Crippen LogP contribution in [0.25, 0.3) is 10.7 Å². The number of carbonyl (C=O) groups excluding carboxylic acids is 1. The Bertz CT molecular complexity index is 895. The average Bonchev–Trinajstić information content (AvgIpc) is 3.24. The van der Waals surface area contributed by atoms with E-state index < -0.39 is 0 Å². The average molecular weight is 472 g/mol. The lowest BCUT2D eigenvalue weighted by atomic mass is 10.2. The summed E-state index contributed by atoms with van der Waals surface area (Å²) in [5.41, 5.74) is 1.01. The van der Waals surface area contributed by atoms with Gasteiger partial charge in [-0.3, -0.25) is 4.79 Å². The Balaban J connectivity index is 1.58. The van der Waals surface area contributed by atoms with Crippen molar-refractivity contribution < 1.29 is 4.79 Å². The SMILES string of the molecule is CCn1c(SCC(=O)NCc2ccc(Cl)cc2)nnc1-c1cc(Br)cs1. The third-order valence-corrected chi connectivity index (χ3v) is 6.46. The van der Waals surface area contributed by atoms with Crippen LogP contribution in [-0.2, 0) is 17.9 Å². The van der Waals surface area contributed by atoms with Gasteiger partial charge in [-0.25, -0.2) is 0 Å². The summed E-state index contributed by atoms with van der Waals surface area (Å²) in [5, 5.41) is 14.9. The maximum absolute atomic E-state index is 12.1. The van der Waals surface area contributed by atoms with Crippen LogP contribution < -0.4 is 5.32 Å². The zero-order valence-corrected chi connectivity index (χ0v) is 17.9. The maximum atomic E-state index is 12.1. The van der Waals surface area contributed by atoms with Gasteiger partial charge in [0.2, 0.25) is 5.91 Å². The first-order valence-electron chi connectivity index (χ1n) is 7.88. The van der Waals surface area contributed by atoms with E-state index in [1.54, 1.807) is 11.3 Å². The molecule has 5 nitrogen and oxygen atoms in total. The first kappa shape index (κ1) is 19.4. The number of hydrogen-bond acceptors (Lipinski definition) is 5. The number of rotatable bonds is 7. The van der Waals surface area contributed by atoms with E-state index in [4.69, 9.17) is 11.6 Å². The second-order valence-corrected chi connectivity index (χ2v) is 8.58. The van der Waals surface area contributed by atoms with Gasteiger partial charge in [-0.15, -0.1) is 21.5 Å². The normalized spacial score (nSPS) is 10.9. The zero-order valence-electron chi connectivity index (χ0n) is 13.9. The first-order chi connectivity index (χ1) is 12.6. The summed E-state index contributed by atoms with van der Waals surface area (Å²) in [6.07, 6.45) is 0. The van der Waals surface area contributed by atoms with Crippen LogP contribution >= 0.6 is 50.6 Å². The van der Waals surface area contributed by atoms with Crippen molar-refractivity contribution in [1.29, 1.82) is 0 Å². The van der Waals surface area contributed by atoms with Gasteiger partial charge in [-0.2, -0.15) is 0 Å². The maximum Gasteiger partial charge on any atom is 0.230 e. The van der Waals surface area contributed by atoms with Crippen molar-refractivity contribution in [1.82, 2.24) is 20.1 Å². The van der Waals surface area contributed by atoms with E-state index in [0.717, 1.165) is 32.4 Å². The van der Waals surface area contributed by atoms with E-state index in [0.29, 0.717) is 17.3 Å². The van der Waals surface area contributed by atoms with Gasteiger partial charge < -0.3 is 9.88 Å². The molecule has 0 bridgehead atoms. The molecule has 9 heteroatoms. The van der Waals surface area contributed by atoms with Gasteiger partial charge in [0, 0.05) is 28.0 Å². The summed E-state index contributed by atoms with van der Waals surface area (Å²) < 4.78 is 3.05. The van der Waals surface area contributed by atoms with Crippen molar-refractivity contribution in [3.63, 3.8) is 0 Å². The molecule has 1 amide bonds. The zero-order chi connectivity index (χ0) is 18.5. The van der Waals surface area contributed by atoms with Crippen LogP contribution in [0.3, 0.4) is 0 Å². The lowest BCUT2D eigenvalue weighted by molar-refractivity contribution is -0.118. The molecule has 0 unspecified atom stereocenters. The van der Waals surface area contributed by atoms with Crippen LogP contribution in [0.1, 0.15) is 12.5 Å². The first-order valence-corrected chi connectivity index (χ1v) is 10.9. The van der Waals surface area contributed by atoms with E-state index in [9.17, 15) is 4.79 Å². The van der Waals surface area contributed by atoms with Crippen molar-refractivity contribution >= 4 is 56.5 Å². The number of amides is 1. The highest BCUT2D eigenvalue weighted by Crippen LogP contribution is 2.30. The number of halogens is 2. The van der Waals surface area contributed by atoms with Crippen LogP contribution in [0.4, 0.5) is 0 Å². The summed E-state index contributed by atoms with van der Waals surface area (Å²) in [7, 11) is 0. The molecule has 0 spiro atoms. The second-order valence-electron chi connectivity index (χ2n) is 5.37. The highest BCUT2D eigenvalue weighted by atomic mass is 79.9. The minimum Gasteiger partial charge on any atom is -0.351 e. The molecule has 0 aliphatic carbocycles. The molecule has 2 heterocycles.